The molecule has 1 amide bonds. The van der Waals surface area contributed by atoms with Crippen LogP contribution < -0.4 is 14.8 Å². The van der Waals surface area contributed by atoms with E-state index < -0.39 is 17.4 Å². The van der Waals surface area contributed by atoms with Gasteiger partial charge in [-0.15, -0.1) is 0 Å². The van der Waals surface area contributed by atoms with Crippen molar-refractivity contribution in [3.8, 4) is 23.3 Å². The lowest BCUT2D eigenvalue weighted by Gasteiger charge is -2.28. The molecule has 1 atom stereocenters. The van der Waals surface area contributed by atoms with E-state index in [0.29, 0.717) is 17.1 Å². The van der Waals surface area contributed by atoms with Gasteiger partial charge in [0.25, 0.3) is 5.91 Å². The van der Waals surface area contributed by atoms with Gasteiger partial charge in [-0.05, 0) is 62.7 Å². The fourth-order valence-corrected chi connectivity index (χ4v) is 4.40. The van der Waals surface area contributed by atoms with Gasteiger partial charge in [-0.2, -0.15) is 0 Å². The van der Waals surface area contributed by atoms with Crippen molar-refractivity contribution in [1.82, 2.24) is 10.3 Å². The number of nitrogens with one attached hydrogen (secondary N) is 2. The smallest absolute Gasteiger partial charge is 0.331 e. The molecule has 0 saturated carbocycles. The molecule has 3 aromatic carbocycles. The molecular weight excluding hydrogens is 492 g/mol. The highest BCUT2D eigenvalue weighted by Crippen LogP contribution is 2.26. The highest BCUT2D eigenvalue weighted by molar-refractivity contribution is 6.00. The summed E-state index contributed by atoms with van der Waals surface area (Å²) < 4.78 is 16.4. The third-order valence-corrected chi connectivity index (χ3v) is 6.28. The molecule has 39 heavy (non-hydrogen) atoms. The van der Waals surface area contributed by atoms with Crippen molar-refractivity contribution in [2.45, 2.75) is 38.8 Å². The van der Waals surface area contributed by atoms with Gasteiger partial charge in [0.15, 0.2) is 0 Å². The average molecular weight is 525 g/mol. The first kappa shape index (κ1) is 27.3. The van der Waals surface area contributed by atoms with Crippen LogP contribution >= 0.6 is 0 Å². The third kappa shape index (κ3) is 6.24. The molecule has 0 saturated heterocycles. The molecule has 7 nitrogen and oxygen atoms in total. The molecule has 4 aromatic rings. The minimum Gasteiger partial charge on any atom is -0.495 e. The Kier molecular flexibility index (Phi) is 8.26. The van der Waals surface area contributed by atoms with Crippen LogP contribution in [-0.2, 0) is 16.0 Å². The molecule has 1 heterocycles. The summed E-state index contributed by atoms with van der Waals surface area (Å²) in [4.78, 5) is 29.9. The fourth-order valence-electron chi connectivity index (χ4n) is 4.40. The zero-order valence-electron chi connectivity index (χ0n) is 22.8. The van der Waals surface area contributed by atoms with Crippen molar-refractivity contribution in [3.63, 3.8) is 0 Å². The van der Waals surface area contributed by atoms with Gasteiger partial charge in [-0.3, -0.25) is 4.79 Å². The van der Waals surface area contributed by atoms with E-state index >= 15 is 0 Å². The maximum atomic E-state index is 13.7. The second kappa shape index (κ2) is 11.8. The summed E-state index contributed by atoms with van der Waals surface area (Å²) in [5, 5.41) is 3.89. The van der Waals surface area contributed by atoms with Crippen molar-refractivity contribution in [3.05, 3.63) is 95.2 Å². The van der Waals surface area contributed by atoms with E-state index in [0.717, 1.165) is 22.0 Å². The number of amides is 1. The molecule has 0 aliphatic rings. The zero-order valence-corrected chi connectivity index (χ0v) is 22.8. The molecule has 0 spiro atoms. The molecule has 0 aliphatic heterocycles. The predicted octanol–water partition coefficient (Wildman–Crippen LogP) is 5.27. The topological polar surface area (TPSA) is 89.7 Å². The predicted molar refractivity (Wildman–Crippen MR) is 151 cm³/mol. The second-order valence-corrected chi connectivity index (χ2v) is 9.64. The number of hydrogen-bond acceptors (Lipinski definition) is 5. The van der Waals surface area contributed by atoms with Crippen LogP contribution in [0.3, 0.4) is 0 Å². The summed E-state index contributed by atoms with van der Waals surface area (Å²) in [6, 6.07) is 20.4. The minimum absolute atomic E-state index is 0.166. The molecule has 0 bridgehead atoms. The normalized spacial score (nSPS) is 12.3. The monoisotopic (exact) mass is 524 g/mol. The average Bonchev–Trinajstić information content (AvgIpc) is 3.34. The maximum Gasteiger partial charge on any atom is 0.331 e. The molecule has 0 fully saturated rings. The second-order valence-electron chi connectivity index (χ2n) is 9.64. The Balaban J connectivity index is 1.69. The van der Waals surface area contributed by atoms with Crippen molar-refractivity contribution >= 4 is 22.8 Å². The number of carbonyl (C=O) groups excluding carboxylic acids is 2. The number of benzene rings is 3. The van der Waals surface area contributed by atoms with Crippen LogP contribution in [0.5, 0.6) is 11.5 Å². The Morgan fingerprint density at radius 2 is 1.72 bits per heavy atom. The van der Waals surface area contributed by atoms with Gasteiger partial charge in [-0.25, -0.2) is 4.79 Å². The minimum atomic E-state index is -1.34. The first-order valence-electron chi connectivity index (χ1n) is 12.7. The summed E-state index contributed by atoms with van der Waals surface area (Å²) in [7, 11) is 2.90. The number of rotatable bonds is 8. The maximum absolute atomic E-state index is 13.7. The number of aromatic amines is 1. The van der Waals surface area contributed by atoms with E-state index in [-0.39, 0.29) is 18.1 Å². The molecule has 2 N–H and O–H groups in total. The van der Waals surface area contributed by atoms with Gasteiger partial charge >= 0.3 is 5.97 Å². The van der Waals surface area contributed by atoms with E-state index in [1.54, 1.807) is 32.2 Å². The van der Waals surface area contributed by atoms with Crippen LogP contribution in [0, 0.1) is 11.8 Å². The highest BCUT2D eigenvalue weighted by Gasteiger charge is 2.38. The van der Waals surface area contributed by atoms with E-state index in [4.69, 9.17) is 14.2 Å². The van der Waals surface area contributed by atoms with E-state index in [1.807, 2.05) is 68.6 Å². The van der Waals surface area contributed by atoms with Crippen LogP contribution in [0.1, 0.15) is 47.8 Å². The van der Waals surface area contributed by atoms with Crippen LogP contribution in [0.15, 0.2) is 72.9 Å². The lowest BCUT2D eigenvalue weighted by atomic mass is 9.91. The van der Waals surface area contributed by atoms with Crippen LogP contribution in [0.25, 0.3) is 10.9 Å². The van der Waals surface area contributed by atoms with Crippen molar-refractivity contribution < 1.29 is 23.8 Å². The van der Waals surface area contributed by atoms with Gasteiger partial charge in [0.05, 0.1) is 31.5 Å². The van der Waals surface area contributed by atoms with Gasteiger partial charge < -0.3 is 24.5 Å². The lowest BCUT2D eigenvalue weighted by Crippen LogP contribution is -2.54. The number of methoxy groups -OCH3 is 2. The summed E-state index contributed by atoms with van der Waals surface area (Å²) in [6.45, 7) is 5.42. The number of hydrogen-bond donors (Lipinski definition) is 2. The molecule has 1 aromatic heterocycles. The number of carbonyl (C=O) groups is 2. The van der Waals surface area contributed by atoms with Gasteiger partial charge in [-0.1, -0.05) is 42.2 Å². The molecule has 7 heteroatoms. The highest BCUT2D eigenvalue weighted by atomic mass is 16.5. The Labute approximate surface area is 228 Å². The Bertz CT molecular complexity index is 1560. The zero-order chi connectivity index (χ0) is 28.0. The first-order chi connectivity index (χ1) is 18.7. The van der Waals surface area contributed by atoms with Crippen molar-refractivity contribution in [1.29, 1.82) is 0 Å². The Morgan fingerprint density at radius 3 is 2.46 bits per heavy atom. The SMILES string of the molecule is COC(=O)C(C)(Cc1c[nH]c2ccccc12)NC(=O)c1cc(C#Cc2ccccc2OC)ccc1OC(C)C. The molecule has 1 unspecified atom stereocenters. The quantitative estimate of drug-likeness (QED) is 0.242. The Hall–Kier alpha value is -4.70. The number of para-hydroxylation sites is 2. The van der Waals surface area contributed by atoms with E-state index in [1.165, 1.54) is 7.11 Å². The first-order valence-corrected chi connectivity index (χ1v) is 12.7. The number of H-pyrrole nitrogens is 1. The number of aromatic nitrogens is 1. The van der Waals surface area contributed by atoms with Gasteiger partial charge in [0.1, 0.15) is 17.0 Å². The summed E-state index contributed by atoms with van der Waals surface area (Å²) in [5.74, 6) is 6.23. The van der Waals surface area contributed by atoms with Gasteiger partial charge in [0.2, 0.25) is 0 Å². The van der Waals surface area contributed by atoms with E-state index in [2.05, 4.69) is 22.1 Å². The summed E-state index contributed by atoms with van der Waals surface area (Å²) in [6.07, 6.45) is 1.91. The van der Waals surface area contributed by atoms with E-state index in [9.17, 15) is 9.59 Å². The van der Waals surface area contributed by atoms with Gasteiger partial charge in [0, 0.05) is 29.1 Å². The fraction of sp³-hybridized carbons (Fsp3) is 0.250. The van der Waals surface area contributed by atoms with Crippen LogP contribution in [-0.4, -0.2) is 42.7 Å². The van der Waals surface area contributed by atoms with Crippen LogP contribution in [0.4, 0.5) is 0 Å². The van der Waals surface area contributed by atoms with Crippen molar-refractivity contribution in [2.75, 3.05) is 14.2 Å². The third-order valence-electron chi connectivity index (χ3n) is 6.28. The largest absolute Gasteiger partial charge is 0.495 e. The Morgan fingerprint density at radius 1 is 0.974 bits per heavy atom. The number of fused-ring (bicyclic) bond motifs is 1. The molecule has 0 radical (unpaired) electrons. The molecule has 4 rings (SSSR count). The van der Waals surface area contributed by atoms with Crippen molar-refractivity contribution in [2.24, 2.45) is 0 Å². The van der Waals surface area contributed by atoms with Crippen LogP contribution in [0.2, 0.25) is 0 Å². The number of ether oxygens (including phenoxy) is 3. The molecule has 0 aliphatic carbocycles. The summed E-state index contributed by atoms with van der Waals surface area (Å²) >= 11 is 0. The molecular formula is C32H32N2O5. The summed E-state index contributed by atoms with van der Waals surface area (Å²) in [5.41, 5.74) is 2.09. The lowest BCUT2D eigenvalue weighted by molar-refractivity contribution is -0.147. The standard InChI is InChI=1S/C32H32N2O5/c1-21(2)39-29-17-15-22(14-16-23-10-6-9-13-28(23)37-4)18-26(29)30(35)34-32(3,31(36)38-5)19-24-20-33-27-12-8-7-11-25(24)27/h6-13,15,17-18,20-21,33H,19H2,1-5H3,(H,34,35). The number of esters is 1. The molecule has 200 valence electrons.